The highest BCUT2D eigenvalue weighted by Crippen LogP contribution is 2.36. The van der Waals surface area contributed by atoms with Crippen LogP contribution in [0.4, 0.5) is 17.3 Å². The fourth-order valence-electron chi connectivity index (χ4n) is 3.78. The highest BCUT2D eigenvalue weighted by molar-refractivity contribution is 6.50. The smallest absolute Gasteiger partial charge is 0.418 e. The van der Waals surface area contributed by atoms with Crippen molar-refractivity contribution in [3.8, 4) is 5.69 Å². The van der Waals surface area contributed by atoms with Crippen molar-refractivity contribution in [3.63, 3.8) is 0 Å². The van der Waals surface area contributed by atoms with Crippen molar-refractivity contribution in [2.24, 2.45) is 0 Å². The lowest BCUT2D eigenvalue weighted by Gasteiger charge is -2.23. The van der Waals surface area contributed by atoms with Gasteiger partial charge >= 0.3 is 13.1 Å². The largest absolute Gasteiger partial charge is 0.673 e. The third kappa shape index (κ3) is 4.30. The first-order valence-electron chi connectivity index (χ1n) is 8.83. The topological polar surface area (TPSA) is 30.9 Å². The molecule has 4 nitrogen and oxygen atoms in total. The Labute approximate surface area is 184 Å². The average Bonchev–Trinajstić information content (AvgIpc) is 3.19. The summed E-state index contributed by atoms with van der Waals surface area (Å²) in [5, 5.41) is 6.07. The second kappa shape index (κ2) is 8.03. The second-order valence-electron chi connectivity index (χ2n) is 6.79. The molecule has 12 heteroatoms. The van der Waals surface area contributed by atoms with Crippen LogP contribution in [-0.2, 0) is 17.8 Å². The Morgan fingerprint density at radius 1 is 1.07 bits per heavy atom. The van der Waals surface area contributed by atoms with Gasteiger partial charge in [-0.3, -0.25) is 0 Å². The molecular weight excluding hydrogens is 467 g/mol. The Kier molecular flexibility index (Phi) is 5.74. The van der Waals surface area contributed by atoms with E-state index in [1.165, 1.54) is 11.1 Å². The SMILES string of the molecule is Clc1cc(Cl)c(-n2c[n+]3c(n2)CO[C@H]2Cc4ccccc4C23)c(Cl)c1.F[B-](F)(F)F. The zero-order valence-corrected chi connectivity index (χ0v) is 17.4. The van der Waals surface area contributed by atoms with Crippen molar-refractivity contribution < 1.29 is 26.6 Å². The molecule has 5 rings (SSSR count). The predicted octanol–water partition coefficient (Wildman–Crippen LogP) is 5.46. The molecule has 1 unspecified atom stereocenters. The number of fused-ring (bicyclic) bond motifs is 5. The fraction of sp³-hybridized carbons (Fsp3) is 0.222. The molecule has 0 radical (unpaired) electrons. The van der Waals surface area contributed by atoms with Crippen LogP contribution in [0.1, 0.15) is 23.0 Å². The van der Waals surface area contributed by atoms with Crippen molar-refractivity contribution in [1.82, 2.24) is 9.78 Å². The number of nitrogens with zero attached hydrogens (tertiary/aromatic N) is 3. The summed E-state index contributed by atoms with van der Waals surface area (Å²) in [5.74, 6) is 0.847. The summed E-state index contributed by atoms with van der Waals surface area (Å²) in [6.07, 6.45) is 2.99. The van der Waals surface area contributed by atoms with E-state index in [9.17, 15) is 17.3 Å². The van der Waals surface area contributed by atoms with Crippen molar-refractivity contribution >= 4 is 42.1 Å². The Bertz CT molecular complexity index is 1080. The van der Waals surface area contributed by atoms with Crippen LogP contribution in [0.3, 0.4) is 0 Å². The van der Waals surface area contributed by atoms with Crippen LogP contribution in [0.25, 0.3) is 5.69 Å². The lowest BCUT2D eigenvalue weighted by Crippen LogP contribution is -2.51. The molecule has 1 aliphatic carbocycles. The van der Waals surface area contributed by atoms with Crippen LogP contribution in [0.15, 0.2) is 42.7 Å². The monoisotopic (exact) mass is 479 g/mol. The number of hydrogen-bond acceptors (Lipinski definition) is 2. The molecule has 0 spiro atoms. The number of aromatic nitrogens is 3. The van der Waals surface area contributed by atoms with E-state index in [0.29, 0.717) is 27.4 Å². The predicted molar refractivity (Wildman–Crippen MR) is 106 cm³/mol. The van der Waals surface area contributed by atoms with Gasteiger partial charge in [-0.05, 0) is 23.3 Å². The third-order valence-electron chi connectivity index (χ3n) is 4.84. The maximum atomic E-state index is 9.75. The van der Waals surface area contributed by atoms with Crippen LogP contribution in [-0.4, -0.2) is 23.1 Å². The molecular formula is C18H13BCl3F4N3O. The second-order valence-corrected chi connectivity index (χ2v) is 8.04. The van der Waals surface area contributed by atoms with Gasteiger partial charge in [-0.2, -0.15) is 0 Å². The van der Waals surface area contributed by atoms with Gasteiger partial charge in [0.2, 0.25) is 6.33 Å². The lowest BCUT2D eigenvalue weighted by atomic mass is 10.1. The van der Waals surface area contributed by atoms with E-state index in [1.807, 2.05) is 6.33 Å². The lowest BCUT2D eigenvalue weighted by molar-refractivity contribution is -0.739. The van der Waals surface area contributed by atoms with Crippen LogP contribution in [0.5, 0.6) is 0 Å². The molecule has 2 aliphatic rings. The fourth-order valence-corrected chi connectivity index (χ4v) is 4.77. The van der Waals surface area contributed by atoms with Crippen LogP contribution < -0.4 is 4.57 Å². The minimum absolute atomic E-state index is 0.124. The quantitative estimate of drug-likeness (QED) is 0.263. The first-order chi connectivity index (χ1) is 14.1. The number of benzene rings is 2. The van der Waals surface area contributed by atoms with E-state index < -0.39 is 7.25 Å². The average molecular weight is 480 g/mol. The first kappa shape index (κ1) is 21.4. The Balaban J connectivity index is 0.000000393. The molecule has 2 aromatic carbocycles. The summed E-state index contributed by atoms with van der Waals surface area (Å²) in [7, 11) is -6.00. The first-order valence-corrected chi connectivity index (χ1v) is 9.96. The van der Waals surface area contributed by atoms with Gasteiger partial charge in [0.15, 0.2) is 5.69 Å². The number of halogens is 7. The van der Waals surface area contributed by atoms with Gasteiger partial charge in [-0.15, -0.1) is 0 Å². The number of hydrogen-bond donors (Lipinski definition) is 0. The number of ether oxygens (including phenoxy) is 1. The molecule has 30 heavy (non-hydrogen) atoms. The maximum Gasteiger partial charge on any atom is 0.673 e. The summed E-state index contributed by atoms with van der Waals surface area (Å²) in [6, 6.07) is 11.9. The molecule has 0 saturated carbocycles. The maximum absolute atomic E-state index is 9.75. The summed E-state index contributed by atoms with van der Waals surface area (Å²) in [4.78, 5) is 0. The standard InChI is InChI=1S/C18H13Cl3N3O.BF4/c19-11-6-13(20)18(14(21)7-11)24-9-23-16(22-24)8-25-15-5-10-3-1-2-4-12(10)17(15)23;2-1(3,4)5/h1-4,6-7,9,15,17H,5,8H2;/q+1;-1/t15-,17?;/m0./s1. The van der Waals surface area contributed by atoms with Gasteiger partial charge in [0, 0.05) is 16.5 Å². The molecule has 3 aromatic rings. The van der Waals surface area contributed by atoms with Crippen molar-refractivity contribution in [2.45, 2.75) is 25.2 Å². The number of rotatable bonds is 1. The summed E-state index contributed by atoms with van der Waals surface area (Å²) < 4.78 is 48.9. The molecule has 0 bridgehead atoms. The zero-order valence-electron chi connectivity index (χ0n) is 15.1. The molecule has 158 valence electrons. The molecule has 0 saturated heterocycles. The Morgan fingerprint density at radius 2 is 1.70 bits per heavy atom. The summed E-state index contributed by atoms with van der Waals surface area (Å²) in [5.41, 5.74) is 3.23. The highest BCUT2D eigenvalue weighted by Gasteiger charge is 2.43. The Morgan fingerprint density at radius 3 is 2.37 bits per heavy atom. The minimum Gasteiger partial charge on any atom is -0.418 e. The zero-order chi connectivity index (χ0) is 21.6. The van der Waals surface area contributed by atoms with Gasteiger partial charge in [0.25, 0.3) is 0 Å². The van der Waals surface area contributed by atoms with E-state index in [1.54, 1.807) is 16.8 Å². The Hall–Kier alpha value is -1.81. The molecule has 2 atom stereocenters. The minimum atomic E-state index is -6.00. The van der Waals surface area contributed by atoms with Crippen molar-refractivity contribution in [2.75, 3.05) is 0 Å². The van der Waals surface area contributed by atoms with Crippen LogP contribution in [0.2, 0.25) is 15.1 Å². The van der Waals surface area contributed by atoms with Gasteiger partial charge in [-0.25, -0.2) is 4.57 Å². The molecule has 0 amide bonds. The van der Waals surface area contributed by atoms with E-state index in [2.05, 4.69) is 33.9 Å². The van der Waals surface area contributed by atoms with E-state index in [4.69, 9.17) is 39.5 Å². The van der Waals surface area contributed by atoms with Crippen LogP contribution in [0, 0.1) is 0 Å². The summed E-state index contributed by atoms with van der Waals surface area (Å²) in [6.45, 7) is 0.463. The molecule has 0 N–H and O–H groups in total. The molecule has 1 aliphatic heterocycles. The molecule has 2 heterocycles. The van der Waals surface area contributed by atoms with Crippen molar-refractivity contribution in [1.29, 1.82) is 0 Å². The highest BCUT2D eigenvalue weighted by atomic mass is 35.5. The van der Waals surface area contributed by atoms with Crippen molar-refractivity contribution in [3.05, 3.63) is 74.7 Å². The van der Waals surface area contributed by atoms with Gasteiger partial charge in [0.1, 0.15) is 18.8 Å². The van der Waals surface area contributed by atoms with E-state index in [-0.39, 0.29) is 12.1 Å². The molecule has 0 fully saturated rings. The van der Waals surface area contributed by atoms with Gasteiger partial charge in [-0.1, -0.05) is 63.8 Å². The van der Waals surface area contributed by atoms with Gasteiger partial charge < -0.3 is 22.0 Å². The van der Waals surface area contributed by atoms with E-state index >= 15 is 0 Å². The molecule has 1 aromatic heterocycles. The third-order valence-corrected chi connectivity index (χ3v) is 5.63. The summed E-state index contributed by atoms with van der Waals surface area (Å²) >= 11 is 18.7. The van der Waals surface area contributed by atoms with Crippen LogP contribution >= 0.6 is 34.8 Å². The van der Waals surface area contributed by atoms with Gasteiger partial charge in [0.05, 0.1) is 10.0 Å². The van der Waals surface area contributed by atoms with E-state index in [0.717, 1.165) is 12.2 Å². The normalized spacial score (nSPS) is 19.4.